The van der Waals surface area contributed by atoms with Crippen LogP contribution in [0.2, 0.25) is 0 Å². The highest BCUT2D eigenvalue weighted by atomic mass is 16.6. The molecule has 0 aliphatic heterocycles. The molecule has 0 amide bonds. The molecule has 112 valence electrons. The minimum atomic E-state index is -1.15. The molecule has 0 heterocycles. The molecule has 4 heteroatoms. The molecule has 4 saturated carbocycles. The molecule has 4 aliphatic rings. The average Bonchev–Trinajstić information content (AvgIpc) is 2.45. The highest BCUT2D eigenvalue weighted by Gasteiger charge is 2.64. The van der Waals surface area contributed by atoms with Crippen LogP contribution in [0.25, 0.3) is 0 Å². The zero-order valence-corrected chi connectivity index (χ0v) is 12.0. The second kappa shape index (κ2) is 4.54. The number of nitro groups is 1. The summed E-state index contributed by atoms with van der Waals surface area (Å²) in [4.78, 5) is 11.5. The molecule has 4 nitrogen and oxygen atoms in total. The molecule has 4 aliphatic carbocycles. The van der Waals surface area contributed by atoms with Crippen molar-refractivity contribution in [2.24, 2.45) is 23.7 Å². The highest BCUT2D eigenvalue weighted by molar-refractivity contribution is 5.24. The fraction of sp³-hybridized carbons (Fsp3) is 0.647. The van der Waals surface area contributed by atoms with Crippen molar-refractivity contribution in [2.45, 2.75) is 43.7 Å². The van der Waals surface area contributed by atoms with Crippen LogP contribution in [0.15, 0.2) is 30.3 Å². The van der Waals surface area contributed by atoms with E-state index in [-0.39, 0.29) is 16.8 Å². The van der Waals surface area contributed by atoms with Crippen LogP contribution < -0.4 is 0 Å². The van der Waals surface area contributed by atoms with Gasteiger partial charge in [0.1, 0.15) is 5.60 Å². The van der Waals surface area contributed by atoms with Crippen molar-refractivity contribution in [1.29, 1.82) is 0 Å². The summed E-state index contributed by atoms with van der Waals surface area (Å²) >= 11 is 0. The lowest BCUT2D eigenvalue weighted by Crippen LogP contribution is -2.61. The van der Waals surface area contributed by atoms with Crippen molar-refractivity contribution in [2.75, 3.05) is 0 Å². The van der Waals surface area contributed by atoms with Gasteiger partial charge in [0, 0.05) is 10.5 Å². The maximum atomic E-state index is 11.8. The zero-order chi connectivity index (χ0) is 14.6. The van der Waals surface area contributed by atoms with Crippen molar-refractivity contribution in [3.05, 3.63) is 46.0 Å². The first-order valence-corrected chi connectivity index (χ1v) is 7.99. The Kier molecular flexibility index (Phi) is 2.86. The second-order valence-corrected chi connectivity index (χ2v) is 7.29. The van der Waals surface area contributed by atoms with Crippen LogP contribution in [0.4, 0.5) is 0 Å². The smallest absolute Gasteiger partial charge is 0.266 e. The quantitative estimate of drug-likeness (QED) is 0.686. The molecule has 0 spiro atoms. The largest absolute Gasteiger partial charge is 0.382 e. The van der Waals surface area contributed by atoms with Gasteiger partial charge in [-0.2, -0.15) is 0 Å². The number of hydrogen-bond acceptors (Lipinski definition) is 3. The Labute approximate surface area is 124 Å². The van der Waals surface area contributed by atoms with Crippen molar-refractivity contribution in [1.82, 2.24) is 0 Å². The van der Waals surface area contributed by atoms with Gasteiger partial charge in [-0.25, -0.2) is 0 Å². The van der Waals surface area contributed by atoms with Gasteiger partial charge in [-0.05, 0) is 55.8 Å². The SMILES string of the molecule is O=[N+]([O-])C(c1ccccc1)C1(O)C2CC3CC(C2)CC1C3. The summed E-state index contributed by atoms with van der Waals surface area (Å²) < 4.78 is 0. The molecule has 21 heavy (non-hydrogen) atoms. The summed E-state index contributed by atoms with van der Waals surface area (Å²) in [6, 6.07) is 8.11. The fourth-order valence-electron chi connectivity index (χ4n) is 5.58. The van der Waals surface area contributed by atoms with Crippen LogP contribution in [-0.4, -0.2) is 15.6 Å². The van der Waals surface area contributed by atoms with Crippen LogP contribution in [-0.2, 0) is 0 Å². The van der Waals surface area contributed by atoms with Crippen LogP contribution in [0, 0.1) is 33.8 Å². The van der Waals surface area contributed by atoms with Gasteiger partial charge in [-0.1, -0.05) is 30.3 Å². The number of rotatable bonds is 3. The third-order valence-electron chi connectivity index (χ3n) is 6.21. The summed E-state index contributed by atoms with van der Waals surface area (Å²) in [5, 5.41) is 23.2. The molecular weight excluding hydrogens is 266 g/mol. The molecule has 1 aromatic rings. The predicted octanol–water partition coefficient (Wildman–Crippen LogP) is 3.19. The summed E-state index contributed by atoms with van der Waals surface area (Å²) in [7, 11) is 0. The highest BCUT2D eigenvalue weighted by Crippen LogP contribution is 2.61. The Balaban J connectivity index is 1.77. The van der Waals surface area contributed by atoms with E-state index in [1.807, 2.05) is 18.2 Å². The van der Waals surface area contributed by atoms with Gasteiger partial charge in [-0.15, -0.1) is 0 Å². The van der Waals surface area contributed by atoms with E-state index in [4.69, 9.17) is 0 Å². The Morgan fingerprint density at radius 1 is 1.05 bits per heavy atom. The lowest BCUT2D eigenvalue weighted by Gasteiger charge is -2.58. The standard InChI is InChI=1S/C17H21NO3/c19-17(16(18(20)21)13-4-2-1-3-5-13)14-7-11-6-12(9-14)10-15(17)8-11/h1-5,11-12,14-16,19H,6-10H2. The molecule has 5 rings (SSSR count). The molecule has 4 fully saturated rings. The third-order valence-corrected chi connectivity index (χ3v) is 6.21. The first-order valence-electron chi connectivity index (χ1n) is 7.99. The molecule has 1 N–H and O–H groups in total. The molecule has 1 atom stereocenters. The van der Waals surface area contributed by atoms with Gasteiger partial charge in [0.05, 0.1) is 0 Å². The lowest BCUT2D eigenvalue weighted by molar-refractivity contribution is -0.563. The Morgan fingerprint density at radius 2 is 1.57 bits per heavy atom. The molecule has 1 aromatic carbocycles. The second-order valence-electron chi connectivity index (χ2n) is 7.29. The molecule has 0 radical (unpaired) electrons. The first-order chi connectivity index (χ1) is 10.1. The van der Waals surface area contributed by atoms with Crippen molar-refractivity contribution < 1.29 is 10.0 Å². The van der Waals surface area contributed by atoms with Gasteiger partial charge >= 0.3 is 0 Å². The molecule has 0 saturated heterocycles. The third kappa shape index (κ3) is 1.85. The number of benzene rings is 1. The maximum absolute atomic E-state index is 11.8. The van der Waals surface area contributed by atoms with Gasteiger partial charge in [0.25, 0.3) is 6.04 Å². The van der Waals surface area contributed by atoms with E-state index in [0.717, 1.165) is 25.7 Å². The van der Waals surface area contributed by atoms with Gasteiger partial charge in [0.2, 0.25) is 0 Å². The minimum absolute atomic E-state index is 0.101. The minimum Gasteiger partial charge on any atom is -0.382 e. The fourth-order valence-corrected chi connectivity index (χ4v) is 5.58. The van der Waals surface area contributed by atoms with Crippen molar-refractivity contribution in [3.8, 4) is 0 Å². The number of hydrogen-bond donors (Lipinski definition) is 1. The Hall–Kier alpha value is -1.42. The van der Waals surface area contributed by atoms with Crippen LogP contribution in [0.1, 0.15) is 43.7 Å². The predicted molar refractivity (Wildman–Crippen MR) is 78.2 cm³/mol. The monoisotopic (exact) mass is 287 g/mol. The topological polar surface area (TPSA) is 63.4 Å². The molecule has 4 bridgehead atoms. The number of nitrogens with zero attached hydrogens (tertiary/aromatic N) is 1. The average molecular weight is 287 g/mol. The van der Waals surface area contributed by atoms with Gasteiger partial charge in [0.15, 0.2) is 0 Å². The Morgan fingerprint density at radius 3 is 2.05 bits per heavy atom. The summed E-state index contributed by atoms with van der Waals surface area (Å²) in [5.41, 5.74) is -0.504. The first kappa shape index (κ1) is 13.3. The van der Waals surface area contributed by atoms with E-state index in [9.17, 15) is 15.2 Å². The lowest BCUT2D eigenvalue weighted by atomic mass is 9.48. The van der Waals surface area contributed by atoms with Crippen LogP contribution in [0.5, 0.6) is 0 Å². The summed E-state index contributed by atoms with van der Waals surface area (Å²) in [6.45, 7) is 0. The zero-order valence-electron chi connectivity index (χ0n) is 12.0. The van der Waals surface area contributed by atoms with E-state index in [0.29, 0.717) is 17.4 Å². The van der Waals surface area contributed by atoms with E-state index in [1.165, 1.54) is 6.42 Å². The number of aliphatic hydroxyl groups is 1. The van der Waals surface area contributed by atoms with E-state index >= 15 is 0 Å². The van der Waals surface area contributed by atoms with Crippen LogP contribution >= 0.6 is 0 Å². The van der Waals surface area contributed by atoms with E-state index in [2.05, 4.69) is 0 Å². The summed E-state index contributed by atoms with van der Waals surface area (Å²) in [5.74, 6) is 1.58. The van der Waals surface area contributed by atoms with Gasteiger partial charge < -0.3 is 5.11 Å². The normalized spacial score (nSPS) is 42.0. The van der Waals surface area contributed by atoms with E-state index < -0.39 is 11.6 Å². The maximum Gasteiger partial charge on any atom is 0.266 e. The van der Waals surface area contributed by atoms with Crippen LogP contribution in [0.3, 0.4) is 0 Å². The van der Waals surface area contributed by atoms with Gasteiger partial charge in [-0.3, -0.25) is 10.1 Å². The molecule has 1 unspecified atom stereocenters. The summed E-state index contributed by atoms with van der Waals surface area (Å²) in [6.07, 6.45) is 5.17. The molecular formula is C17H21NO3. The van der Waals surface area contributed by atoms with Crippen molar-refractivity contribution in [3.63, 3.8) is 0 Å². The van der Waals surface area contributed by atoms with Crippen molar-refractivity contribution >= 4 is 0 Å². The van der Waals surface area contributed by atoms with E-state index in [1.54, 1.807) is 12.1 Å². The Bertz CT molecular complexity index is 528. The molecule has 0 aromatic heterocycles.